The molecule has 2 aromatic rings. The zero-order chi connectivity index (χ0) is 15.4. The number of nitrogens with one attached hydrogen (secondary N) is 1. The summed E-state index contributed by atoms with van der Waals surface area (Å²) in [5.41, 5.74) is 6.85. The molecule has 112 valence electrons. The molecule has 21 heavy (non-hydrogen) atoms. The van der Waals surface area contributed by atoms with E-state index in [4.69, 9.17) is 22.1 Å². The van der Waals surface area contributed by atoms with E-state index in [0.717, 1.165) is 0 Å². The number of benzene rings is 1. The molecule has 0 aliphatic carbocycles. The Morgan fingerprint density at radius 2 is 2.10 bits per heavy atom. The SMILES string of the molecule is CC(C)COc1nc(Nc2ccc(F)cc2Cl)ccc1N. The van der Waals surface area contributed by atoms with Gasteiger partial charge in [-0.15, -0.1) is 0 Å². The summed E-state index contributed by atoms with van der Waals surface area (Å²) in [5.74, 6) is 0.870. The van der Waals surface area contributed by atoms with Crippen LogP contribution in [0.2, 0.25) is 5.02 Å². The first-order chi connectivity index (χ1) is 9.95. The van der Waals surface area contributed by atoms with Gasteiger partial charge in [-0.3, -0.25) is 0 Å². The van der Waals surface area contributed by atoms with Crippen LogP contribution in [0.3, 0.4) is 0 Å². The van der Waals surface area contributed by atoms with Gasteiger partial charge < -0.3 is 15.8 Å². The molecule has 0 fully saturated rings. The minimum absolute atomic E-state index is 0.276. The number of anilines is 3. The number of halogens is 2. The lowest BCUT2D eigenvalue weighted by Gasteiger charge is -2.12. The largest absolute Gasteiger partial charge is 0.476 e. The summed E-state index contributed by atoms with van der Waals surface area (Å²) in [6, 6.07) is 7.50. The van der Waals surface area contributed by atoms with Gasteiger partial charge in [0.25, 0.3) is 0 Å². The van der Waals surface area contributed by atoms with E-state index in [0.29, 0.717) is 35.6 Å². The normalized spacial score (nSPS) is 10.7. The van der Waals surface area contributed by atoms with Crippen LogP contribution in [-0.4, -0.2) is 11.6 Å². The lowest BCUT2D eigenvalue weighted by atomic mass is 10.2. The molecule has 0 saturated heterocycles. The molecule has 0 bridgehead atoms. The third kappa shape index (κ3) is 4.23. The van der Waals surface area contributed by atoms with Crippen molar-refractivity contribution in [2.24, 2.45) is 5.92 Å². The Kier molecular flexibility index (Phi) is 4.85. The van der Waals surface area contributed by atoms with Gasteiger partial charge in [-0.05, 0) is 36.2 Å². The molecule has 0 saturated carbocycles. The molecule has 1 aromatic carbocycles. The quantitative estimate of drug-likeness (QED) is 0.867. The highest BCUT2D eigenvalue weighted by atomic mass is 35.5. The first kappa shape index (κ1) is 15.4. The number of nitrogen functional groups attached to an aromatic ring is 1. The highest BCUT2D eigenvalue weighted by molar-refractivity contribution is 6.33. The average molecular weight is 310 g/mol. The Morgan fingerprint density at radius 3 is 2.76 bits per heavy atom. The minimum Gasteiger partial charge on any atom is -0.476 e. The van der Waals surface area contributed by atoms with E-state index < -0.39 is 5.82 Å². The van der Waals surface area contributed by atoms with Crippen LogP contribution in [0.25, 0.3) is 0 Å². The average Bonchev–Trinajstić information content (AvgIpc) is 2.42. The number of hydrogen-bond donors (Lipinski definition) is 2. The van der Waals surface area contributed by atoms with E-state index in [1.165, 1.54) is 12.1 Å². The van der Waals surface area contributed by atoms with Gasteiger partial charge in [0.05, 0.1) is 23.0 Å². The van der Waals surface area contributed by atoms with Gasteiger partial charge >= 0.3 is 0 Å². The molecule has 6 heteroatoms. The maximum Gasteiger partial charge on any atom is 0.239 e. The number of hydrogen-bond acceptors (Lipinski definition) is 4. The highest BCUT2D eigenvalue weighted by Crippen LogP contribution is 2.28. The number of ether oxygens (including phenoxy) is 1. The molecular formula is C15H17ClFN3O. The second-order valence-corrected chi connectivity index (χ2v) is 5.45. The minimum atomic E-state index is -0.392. The van der Waals surface area contributed by atoms with Crippen LogP contribution in [0, 0.1) is 11.7 Å². The summed E-state index contributed by atoms with van der Waals surface area (Å²) in [6.45, 7) is 4.60. The van der Waals surface area contributed by atoms with Gasteiger partial charge in [-0.25, -0.2) is 4.39 Å². The van der Waals surface area contributed by atoms with Crippen LogP contribution in [0.5, 0.6) is 5.88 Å². The molecule has 0 aliphatic rings. The smallest absolute Gasteiger partial charge is 0.239 e. The van der Waals surface area contributed by atoms with E-state index in [2.05, 4.69) is 10.3 Å². The Morgan fingerprint density at radius 1 is 1.33 bits per heavy atom. The number of rotatable bonds is 5. The molecule has 0 radical (unpaired) electrons. The first-order valence-corrected chi connectivity index (χ1v) is 6.95. The number of nitrogens with two attached hydrogens (primary N) is 1. The molecule has 0 aliphatic heterocycles. The summed E-state index contributed by atoms with van der Waals surface area (Å²) in [4.78, 5) is 4.29. The second kappa shape index (κ2) is 6.63. The third-order valence-electron chi connectivity index (χ3n) is 2.64. The maximum atomic E-state index is 13.0. The Bertz CT molecular complexity index is 634. The van der Waals surface area contributed by atoms with Gasteiger partial charge in [0.2, 0.25) is 5.88 Å². The molecule has 0 atom stereocenters. The Hall–Kier alpha value is -2.01. The topological polar surface area (TPSA) is 60.2 Å². The zero-order valence-corrected chi connectivity index (χ0v) is 12.6. The highest BCUT2D eigenvalue weighted by Gasteiger charge is 2.08. The van der Waals surface area contributed by atoms with E-state index in [1.807, 2.05) is 13.8 Å². The summed E-state index contributed by atoms with van der Waals surface area (Å²) in [6.07, 6.45) is 0. The second-order valence-electron chi connectivity index (χ2n) is 5.04. The van der Waals surface area contributed by atoms with Gasteiger partial charge in [0.15, 0.2) is 0 Å². The molecule has 0 unspecified atom stereocenters. The van der Waals surface area contributed by atoms with Crippen LogP contribution in [0.1, 0.15) is 13.8 Å². The molecule has 1 aromatic heterocycles. The fraction of sp³-hybridized carbons (Fsp3) is 0.267. The zero-order valence-electron chi connectivity index (χ0n) is 11.9. The molecular weight excluding hydrogens is 293 g/mol. The molecule has 1 heterocycles. The molecule has 4 nitrogen and oxygen atoms in total. The van der Waals surface area contributed by atoms with Crippen LogP contribution in [-0.2, 0) is 0 Å². The van der Waals surface area contributed by atoms with Gasteiger partial charge in [0, 0.05) is 0 Å². The third-order valence-corrected chi connectivity index (χ3v) is 2.95. The summed E-state index contributed by atoms with van der Waals surface area (Å²) in [5, 5.41) is 3.29. The predicted molar refractivity (Wildman–Crippen MR) is 83.7 cm³/mol. The van der Waals surface area contributed by atoms with Crippen LogP contribution in [0.4, 0.5) is 21.6 Å². The van der Waals surface area contributed by atoms with Crippen molar-refractivity contribution in [3.63, 3.8) is 0 Å². The monoisotopic (exact) mass is 309 g/mol. The predicted octanol–water partition coefficient (Wildman–Crippen LogP) is 4.23. The summed E-state index contributed by atoms with van der Waals surface area (Å²) in [7, 11) is 0. The van der Waals surface area contributed by atoms with E-state index in [-0.39, 0.29) is 5.02 Å². The maximum absolute atomic E-state index is 13.0. The lowest BCUT2D eigenvalue weighted by molar-refractivity contribution is 0.263. The Balaban J connectivity index is 2.18. The number of pyridine rings is 1. The van der Waals surface area contributed by atoms with Crippen molar-refractivity contribution in [3.05, 3.63) is 41.2 Å². The van der Waals surface area contributed by atoms with Crippen LogP contribution >= 0.6 is 11.6 Å². The van der Waals surface area contributed by atoms with Crippen molar-refractivity contribution in [1.82, 2.24) is 4.98 Å². The molecule has 0 amide bonds. The fourth-order valence-electron chi connectivity index (χ4n) is 1.61. The lowest BCUT2D eigenvalue weighted by Crippen LogP contribution is -2.08. The fourth-order valence-corrected chi connectivity index (χ4v) is 1.83. The van der Waals surface area contributed by atoms with E-state index in [1.54, 1.807) is 18.2 Å². The van der Waals surface area contributed by atoms with Crippen molar-refractivity contribution < 1.29 is 9.13 Å². The van der Waals surface area contributed by atoms with Gasteiger partial charge in [-0.2, -0.15) is 4.98 Å². The first-order valence-electron chi connectivity index (χ1n) is 6.57. The molecule has 2 rings (SSSR count). The van der Waals surface area contributed by atoms with Crippen molar-refractivity contribution in [2.75, 3.05) is 17.7 Å². The summed E-state index contributed by atoms with van der Waals surface area (Å²) >= 11 is 5.97. The molecule has 0 spiro atoms. The van der Waals surface area contributed by atoms with Crippen molar-refractivity contribution >= 4 is 28.8 Å². The van der Waals surface area contributed by atoms with Gasteiger partial charge in [-0.1, -0.05) is 25.4 Å². The number of aromatic nitrogens is 1. The van der Waals surface area contributed by atoms with Crippen molar-refractivity contribution in [1.29, 1.82) is 0 Å². The Labute approximate surface area is 128 Å². The van der Waals surface area contributed by atoms with Gasteiger partial charge in [0.1, 0.15) is 11.6 Å². The van der Waals surface area contributed by atoms with Crippen LogP contribution in [0.15, 0.2) is 30.3 Å². The van der Waals surface area contributed by atoms with E-state index >= 15 is 0 Å². The van der Waals surface area contributed by atoms with Crippen molar-refractivity contribution in [3.8, 4) is 5.88 Å². The molecule has 3 N–H and O–H groups in total. The van der Waals surface area contributed by atoms with Crippen LogP contribution < -0.4 is 15.8 Å². The number of nitrogens with zero attached hydrogens (tertiary/aromatic N) is 1. The standard InChI is InChI=1S/C15H17ClFN3O/c1-9(2)8-21-15-12(18)4-6-14(20-15)19-13-5-3-10(17)7-11(13)16/h3-7,9H,8,18H2,1-2H3,(H,19,20). The summed E-state index contributed by atoms with van der Waals surface area (Å²) < 4.78 is 18.6. The van der Waals surface area contributed by atoms with E-state index in [9.17, 15) is 4.39 Å². The van der Waals surface area contributed by atoms with Crippen molar-refractivity contribution in [2.45, 2.75) is 13.8 Å².